The molecular weight excluding hydrogens is 239 g/mol. The van der Waals surface area contributed by atoms with Gasteiger partial charge >= 0.3 is 6.09 Å². The third-order valence-corrected chi connectivity index (χ3v) is 1.88. The highest BCUT2D eigenvalue weighted by Crippen LogP contribution is 2.11. The highest BCUT2D eigenvalue weighted by Gasteiger charge is 2.17. The number of nitrogens with zero attached hydrogens (tertiary/aromatic N) is 3. The number of rotatable bonds is 2. The van der Waals surface area contributed by atoms with Gasteiger partial charge in [-0.1, -0.05) is 22.0 Å². The zero-order valence-corrected chi connectivity index (χ0v) is 8.75. The fourth-order valence-electron chi connectivity index (χ4n) is 1.01. The Kier molecular flexibility index (Phi) is 3.41. The van der Waals surface area contributed by atoms with Crippen LogP contribution in [0.1, 0.15) is 6.92 Å². The number of aliphatic imine (C=N–C) groups is 1. The predicted octanol–water partition coefficient (Wildman–Crippen LogP) is 1.20. The Hall–Kier alpha value is -0.910. The van der Waals surface area contributed by atoms with Crippen molar-refractivity contribution >= 4 is 27.9 Å². The van der Waals surface area contributed by atoms with E-state index >= 15 is 0 Å². The minimum Gasteiger partial charge on any atom is -0.382 e. The number of nitrogens with two attached hydrogens (primary N) is 1. The zero-order valence-electron chi connectivity index (χ0n) is 7.17. The maximum Gasteiger partial charge on any atom is 0.327 e. The summed E-state index contributed by atoms with van der Waals surface area (Å²) in [7, 11) is 0. The molecule has 4 nitrogen and oxygen atoms in total. The predicted molar refractivity (Wildman–Crippen MR) is 54.4 cm³/mol. The van der Waals surface area contributed by atoms with Gasteiger partial charge < -0.3 is 5.73 Å². The molecule has 0 aromatic carbocycles. The van der Waals surface area contributed by atoms with Crippen LogP contribution >= 0.6 is 15.9 Å². The molecule has 0 saturated carbocycles. The zero-order chi connectivity index (χ0) is 9.84. The van der Waals surface area contributed by atoms with Crippen LogP contribution in [-0.2, 0) is 0 Å². The van der Waals surface area contributed by atoms with Crippen molar-refractivity contribution in [3.05, 3.63) is 11.8 Å². The van der Waals surface area contributed by atoms with E-state index in [0.29, 0.717) is 17.6 Å². The summed E-state index contributed by atoms with van der Waals surface area (Å²) >= 11 is 3.24. The fourth-order valence-corrected chi connectivity index (χ4v) is 1.35. The molecule has 0 saturated heterocycles. The molecule has 0 bridgehead atoms. The quantitative estimate of drug-likeness (QED) is 0.590. The topological polar surface area (TPSA) is 54.0 Å². The normalized spacial score (nSPS) is 20.2. The highest BCUT2D eigenvalue weighted by atomic mass is 79.9. The molecule has 0 radical (unpaired) electrons. The lowest BCUT2D eigenvalue weighted by Crippen LogP contribution is -2.33. The molecule has 0 aromatic rings. The Labute approximate surface area is 84.1 Å². The molecule has 1 aliphatic rings. The van der Waals surface area contributed by atoms with Crippen LogP contribution in [0.3, 0.4) is 0 Å². The van der Waals surface area contributed by atoms with E-state index in [1.54, 1.807) is 13.0 Å². The summed E-state index contributed by atoms with van der Waals surface area (Å²) in [5.74, 6) is 0.163. The Balaban J connectivity index is 2.90. The van der Waals surface area contributed by atoms with Crippen LogP contribution in [0, 0.1) is 0 Å². The van der Waals surface area contributed by atoms with Crippen molar-refractivity contribution < 1.29 is 4.39 Å². The van der Waals surface area contributed by atoms with Gasteiger partial charge in [-0.15, -0.1) is 5.10 Å². The van der Waals surface area contributed by atoms with Crippen molar-refractivity contribution in [2.24, 2.45) is 15.8 Å². The highest BCUT2D eigenvalue weighted by molar-refractivity contribution is 9.09. The molecule has 0 atom stereocenters. The van der Waals surface area contributed by atoms with E-state index in [0.717, 1.165) is 0 Å². The Morgan fingerprint density at radius 2 is 2.38 bits per heavy atom. The van der Waals surface area contributed by atoms with Crippen molar-refractivity contribution in [3.63, 3.8) is 0 Å². The fraction of sp³-hybridized carbons (Fsp3) is 0.429. The van der Waals surface area contributed by atoms with Gasteiger partial charge in [-0.3, -0.25) is 5.01 Å². The first-order valence-electron chi connectivity index (χ1n) is 3.77. The van der Waals surface area contributed by atoms with Crippen LogP contribution in [0.25, 0.3) is 0 Å². The molecule has 0 unspecified atom stereocenters. The van der Waals surface area contributed by atoms with Crippen LogP contribution in [0.5, 0.6) is 0 Å². The number of hydrazone groups is 1. The largest absolute Gasteiger partial charge is 0.382 e. The molecule has 0 aromatic heterocycles. The smallest absolute Gasteiger partial charge is 0.327 e. The number of halogens is 2. The van der Waals surface area contributed by atoms with E-state index in [1.807, 2.05) is 0 Å². The second kappa shape index (κ2) is 4.36. The number of hydrogen-bond acceptors (Lipinski definition) is 4. The Morgan fingerprint density at radius 3 is 2.92 bits per heavy atom. The van der Waals surface area contributed by atoms with Crippen molar-refractivity contribution in [3.8, 4) is 0 Å². The van der Waals surface area contributed by atoms with E-state index in [2.05, 4.69) is 26.0 Å². The first kappa shape index (κ1) is 10.2. The van der Waals surface area contributed by atoms with Gasteiger partial charge in [0.2, 0.25) is 0 Å². The van der Waals surface area contributed by atoms with Crippen LogP contribution in [-0.4, -0.2) is 28.8 Å². The number of alkyl halides is 1. The summed E-state index contributed by atoms with van der Waals surface area (Å²) in [4.78, 5) is 3.42. The second-order valence-electron chi connectivity index (χ2n) is 2.35. The van der Waals surface area contributed by atoms with Crippen molar-refractivity contribution in [1.82, 2.24) is 5.01 Å². The molecule has 1 heterocycles. The maximum atomic E-state index is 12.7. The third kappa shape index (κ3) is 2.27. The average Bonchev–Trinajstić information content (AvgIpc) is 2.04. The lowest BCUT2D eigenvalue weighted by atomic mass is 10.3. The maximum absolute atomic E-state index is 12.7. The molecule has 0 amide bonds. The summed E-state index contributed by atoms with van der Waals surface area (Å²) in [5, 5.41) is 5.76. The molecule has 2 N–H and O–H groups in total. The van der Waals surface area contributed by atoms with E-state index in [1.165, 1.54) is 5.01 Å². The van der Waals surface area contributed by atoms with Gasteiger partial charge in [0.1, 0.15) is 0 Å². The molecule has 13 heavy (non-hydrogen) atoms. The monoisotopic (exact) mass is 248 g/mol. The minimum absolute atomic E-state index is 0.163. The van der Waals surface area contributed by atoms with Gasteiger partial charge in [0.15, 0.2) is 5.84 Å². The summed E-state index contributed by atoms with van der Waals surface area (Å²) < 4.78 is 12.7. The van der Waals surface area contributed by atoms with E-state index in [9.17, 15) is 4.39 Å². The molecule has 6 heteroatoms. The second-order valence-corrected chi connectivity index (χ2v) is 3.15. The molecule has 1 rings (SSSR count). The van der Waals surface area contributed by atoms with Crippen LogP contribution < -0.4 is 5.73 Å². The molecule has 0 aliphatic carbocycles. The van der Waals surface area contributed by atoms with Gasteiger partial charge in [0, 0.05) is 5.33 Å². The summed E-state index contributed by atoms with van der Waals surface area (Å²) in [6.45, 7) is 2.36. The number of amidine groups is 2. The third-order valence-electron chi connectivity index (χ3n) is 1.53. The number of allylic oxidation sites excluding steroid dienone is 1. The van der Waals surface area contributed by atoms with Crippen LogP contribution in [0.15, 0.2) is 21.9 Å². The average molecular weight is 249 g/mol. The van der Waals surface area contributed by atoms with Crippen LogP contribution in [0.2, 0.25) is 0 Å². The van der Waals surface area contributed by atoms with E-state index in [-0.39, 0.29) is 5.84 Å². The van der Waals surface area contributed by atoms with Gasteiger partial charge in [0.05, 0.1) is 12.2 Å². The molecule has 0 spiro atoms. The standard InChI is InChI=1S/C7H10BrFN4/c1-2-5-6(10)11-7(9)12-13(5)4-3-8/h2H,3-4H2,1H3,(H2,10,11,12)/b5-2-. The van der Waals surface area contributed by atoms with Gasteiger partial charge in [0.25, 0.3) is 0 Å². The van der Waals surface area contributed by atoms with Gasteiger partial charge in [-0.25, -0.2) is 0 Å². The van der Waals surface area contributed by atoms with E-state index in [4.69, 9.17) is 5.73 Å². The molecule has 1 aliphatic heterocycles. The molecule has 72 valence electrons. The van der Waals surface area contributed by atoms with Crippen molar-refractivity contribution in [2.45, 2.75) is 6.92 Å². The van der Waals surface area contributed by atoms with Crippen LogP contribution in [0.4, 0.5) is 4.39 Å². The Bertz CT molecular complexity index is 284. The summed E-state index contributed by atoms with van der Waals surface area (Å²) in [5.41, 5.74) is 6.14. The number of hydrogen-bond donors (Lipinski definition) is 1. The first-order chi connectivity index (χ1) is 6.19. The minimum atomic E-state index is -0.802. The Morgan fingerprint density at radius 1 is 1.69 bits per heavy atom. The van der Waals surface area contributed by atoms with Crippen molar-refractivity contribution in [1.29, 1.82) is 0 Å². The van der Waals surface area contributed by atoms with Gasteiger partial charge in [-0.05, 0) is 6.92 Å². The lowest BCUT2D eigenvalue weighted by Gasteiger charge is -2.22. The van der Waals surface area contributed by atoms with Crippen molar-refractivity contribution in [2.75, 3.05) is 11.9 Å². The van der Waals surface area contributed by atoms with Gasteiger partial charge in [-0.2, -0.15) is 9.38 Å². The molecule has 0 fully saturated rings. The summed E-state index contributed by atoms with van der Waals surface area (Å²) in [6, 6.07) is 0. The van der Waals surface area contributed by atoms with E-state index < -0.39 is 6.09 Å². The summed E-state index contributed by atoms with van der Waals surface area (Å²) in [6.07, 6.45) is 0.946. The SMILES string of the molecule is C/C=C1/C(N)=NC(F)=NN1CCBr. The first-order valence-corrected chi connectivity index (χ1v) is 4.89. The lowest BCUT2D eigenvalue weighted by molar-refractivity contribution is 0.393. The molecular formula is C7H10BrFN4.